The Morgan fingerprint density at radius 2 is 1.36 bits per heavy atom. The standard InChI is InChI=1S/C26H36OSi/c1-21(2)25(22-15-9-6-10-16-22)27-28(26(3,4)5,23-17-11-7-12-18-23)24-19-13-8-14-20-24/h7-8,11-14,17-20,22,25H,1,6,9-10,15-16H2,2-5H3. The molecule has 2 heteroatoms. The first-order valence-electron chi connectivity index (χ1n) is 10.8. The van der Waals surface area contributed by atoms with Gasteiger partial charge in [-0.3, -0.25) is 0 Å². The summed E-state index contributed by atoms with van der Waals surface area (Å²) in [5.74, 6) is 0.591. The summed E-state index contributed by atoms with van der Waals surface area (Å²) in [5.41, 5.74) is 1.18. The average Bonchev–Trinajstić information content (AvgIpc) is 2.70. The van der Waals surface area contributed by atoms with Gasteiger partial charge in [-0.2, -0.15) is 0 Å². The second-order valence-corrected chi connectivity index (χ2v) is 13.7. The van der Waals surface area contributed by atoms with Crippen LogP contribution in [0, 0.1) is 5.92 Å². The van der Waals surface area contributed by atoms with Crippen LogP contribution in [-0.4, -0.2) is 14.4 Å². The molecule has 1 nitrogen and oxygen atoms in total. The summed E-state index contributed by atoms with van der Waals surface area (Å²) in [4.78, 5) is 0. The Morgan fingerprint density at radius 1 is 0.893 bits per heavy atom. The lowest BCUT2D eigenvalue weighted by Gasteiger charge is -2.47. The Bertz CT molecular complexity index is 715. The SMILES string of the molecule is C=C(C)C(O[Si](c1ccccc1)(c1ccccc1)C(C)(C)C)C1CCCCC1. The molecular formula is C26H36OSi. The first-order chi connectivity index (χ1) is 13.4. The highest BCUT2D eigenvalue weighted by atomic mass is 28.4. The Hall–Kier alpha value is -1.64. The minimum absolute atomic E-state index is 0.0120. The van der Waals surface area contributed by atoms with Gasteiger partial charge in [0.25, 0.3) is 8.32 Å². The van der Waals surface area contributed by atoms with Gasteiger partial charge < -0.3 is 4.43 Å². The number of rotatable bonds is 6. The molecule has 0 heterocycles. The Kier molecular flexibility index (Phi) is 6.62. The highest BCUT2D eigenvalue weighted by Gasteiger charge is 2.52. The van der Waals surface area contributed by atoms with E-state index in [2.05, 4.69) is 94.9 Å². The molecule has 0 amide bonds. The van der Waals surface area contributed by atoms with Crippen molar-refractivity contribution in [3.8, 4) is 0 Å². The second kappa shape index (κ2) is 8.80. The minimum Gasteiger partial charge on any atom is -0.401 e. The lowest BCUT2D eigenvalue weighted by Crippen LogP contribution is -2.68. The first-order valence-corrected chi connectivity index (χ1v) is 12.7. The Morgan fingerprint density at radius 3 is 1.75 bits per heavy atom. The van der Waals surface area contributed by atoms with E-state index >= 15 is 0 Å². The lowest BCUT2D eigenvalue weighted by atomic mass is 9.83. The molecule has 1 aliphatic carbocycles. The summed E-state index contributed by atoms with van der Waals surface area (Å²) >= 11 is 0. The maximum absolute atomic E-state index is 7.42. The van der Waals surface area contributed by atoms with E-state index in [1.54, 1.807) is 0 Å². The average molecular weight is 393 g/mol. The number of hydrogen-bond acceptors (Lipinski definition) is 1. The van der Waals surface area contributed by atoms with Crippen molar-refractivity contribution < 1.29 is 4.43 Å². The van der Waals surface area contributed by atoms with Gasteiger partial charge in [0, 0.05) is 0 Å². The fraction of sp³-hybridized carbons (Fsp3) is 0.462. The Balaban J connectivity index is 2.16. The van der Waals surface area contributed by atoms with Gasteiger partial charge in [-0.05, 0) is 41.1 Å². The van der Waals surface area contributed by atoms with Gasteiger partial charge >= 0.3 is 0 Å². The second-order valence-electron chi connectivity index (χ2n) is 9.45. The van der Waals surface area contributed by atoms with E-state index in [4.69, 9.17) is 4.43 Å². The van der Waals surface area contributed by atoms with Crippen LogP contribution in [0.15, 0.2) is 72.8 Å². The van der Waals surface area contributed by atoms with Crippen molar-refractivity contribution in [1.29, 1.82) is 0 Å². The molecular weight excluding hydrogens is 356 g/mol. The number of hydrogen-bond donors (Lipinski definition) is 0. The monoisotopic (exact) mass is 392 g/mol. The normalized spacial score (nSPS) is 17.3. The first kappa shape index (κ1) is 21.1. The van der Waals surface area contributed by atoms with Gasteiger partial charge in [0.2, 0.25) is 0 Å². The minimum atomic E-state index is -2.52. The van der Waals surface area contributed by atoms with E-state index in [1.807, 2.05) is 0 Å². The van der Waals surface area contributed by atoms with Crippen LogP contribution in [0.2, 0.25) is 5.04 Å². The van der Waals surface area contributed by atoms with E-state index in [0.29, 0.717) is 5.92 Å². The van der Waals surface area contributed by atoms with Crippen LogP contribution in [0.5, 0.6) is 0 Å². The number of benzene rings is 2. The maximum Gasteiger partial charge on any atom is 0.261 e. The molecule has 0 radical (unpaired) electrons. The lowest BCUT2D eigenvalue weighted by molar-refractivity contribution is 0.127. The third-order valence-electron chi connectivity index (χ3n) is 6.28. The molecule has 1 atom stereocenters. The van der Waals surface area contributed by atoms with Gasteiger partial charge in [0.05, 0.1) is 6.10 Å². The largest absolute Gasteiger partial charge is 0.401 e. The van der Waals surface area contributed by atoms with Crippen molar-refractivity contribution in [1.82, 2.24) is 0 Å². The molecule has 0 aromatic heterocycles. The van der Waals surface area contributed by atoms with Gasteiger partial charge in [-0.15, -0.1) is 0 Å². The quantitative estimate of drug-likeness (QED) is 0.427. The third-order valence-corrected chi connectivity index (χ3v) is 11.3. The van der Waals surface area contributed by atoms with Crippen molar-refractivity contribution in [2.24, 2.45) is 5.92 Å². The Labute approximate surface area is 173 Å². The van der Waals surface area contributed by atoms with E-state index in [0.717, 1.165) is 0 Å². The predicted octanol–water partition coefficient (Wildman–Crippen LogP) is 6.09. The molecule has 2 aromatic carbocycles. The molecule has 0 N–H and O–H groups in total. The topological polar surface area (TPSA) is 9.23 Å². The molecule has 1 aliphatic rings. The molecule has 1 fully saturated rings. The molecule has 0 saturated heterocycles. The van der Waals surface area contributed by atoms with Gasteiger partial charge in [-0.25, -0.2) is 0 Å². The van der Waals surface area contributed by atoms with E-state index in [-0.39, 0.29) is 11.1 Å². The summed E-state index contributed by atoms with van der Waals surface area (Å²) in [5, 5.41) is 2.73. The zero-order valence-corrected chi connectivity index (χ0v) is 19.1. The van der Waals surface area contributed by atoms with Crippen molar-refractivity contribution >= 4 is 18.7 Å². The molecule has 150 valence electrons. The third kappa shape index (κ3) is 4.18. The molecule has 0 bridgehead atoms. The van der Waals surface area contributed by atoms with Gasteiger partial charge in [0.1, 0.15) is 0 Å². The van der Waals surface area contributed by atoms with Crippen LogP contribution in [0.25, 0.3) is 0 Å². The molecule has 1 saturated carbocycles. The molecule has 3 rings (SSSR count). The van der Waals surface area contributed by atoms with Crippen molar-refractivity contribution in [3.63, 3.8) is 0 Å². The maximum atomic E-state index is 7.42. The van der Waals surface area contributed by atoms with Crippen LogP contribution in [0.1, 0.15) is 59.8 Å². The van der Waals surface area contributed by atoms with Crippen molar-refractivity contribution in [3.05, 3.63) is 72.8 Å². The highest BCUT2D eigenvalue weighted by molar-refractivity contribution is 6.99. The van der Waals surface area contributed by atoms with Crippen LogP contribution >= 0.6 is 0 Å². The molecule has 28 heavy (non-hydrogen) atoms. The molecule has 0 aliphatic heterocycles. The summed E-state index contributed by atoms with van der Waals surface area (Å²) in [6.45, 7) is 13.6. The fourth-order valence-electron chi connectivity index (χ4n) is 4.92. The van der Waals surface area contributed by atoms with Crippen LogP contribution in [0.4, 0.5) is 0 Å². The summed E-state index contributed by atoms with van der Waals surface area (Å²) in [6.07, 6.45) is 6.65. The van der Waals surface area contributed by atoms with Crippen molar-refractivity contribution in [2.45, 2.75) is 70.9 Å². The molecule has 0 spiro atoms. The van der Waals surface area contributed by atoms with Crippen LogP contribution in [0.3, 0.4) is 0 Å². The smallest absolute Gasteiger partial charge is 0.261 e. The predicted molar refractivity (Wildman–Crippen MR) is 124 cm³/mol. The zero-order valence-electron chi connectivity index (χ0n) is 18.1. The van der Waals surface area contributed by atoms with Gasteiger partial charge in [0.15, 0.2) is 0 Å². The van der Waals surface area contributed by atoms with Crippen LogP contribution < -0.4 is 10.4 Å². The van der Waals surface area contributed by atoms with E-state index < -0.39 is 8.32 Å². The van der Waals surface area contributed by atoms with Crippen molar-refractivity contribution in [2.75, 3.05) is 0 Å². The summed E-state index contributed by atoms with van der Waals surface area (Å²) in [7, 11) is -2.52. The highest BCUT2D eigenvalue weighted by Crippen LogP contribution is 2.41. The summed E-state index contributed by atoms with van der Waals surface area (Å²) < 4.78 is 7.42. The summed E-state index contributed by atoms with van der Waals surface area (Å²) in [6, 6.07) is 22.0. The van der Waals surface area contributed by atoms with Gasteiger partial charge in [-0.1, -0.05) is 113 Å². The zero-order chi connectivity index (χ0) is 20.2. The molecule has 1 unspecified atom stereocenters. The van der Waals surface area contributed by atoms with E-state index in [1.165, 1.54) is 48.1 Å². The molecule has 2 aromatic rings. The van der Waals surface area contributed by atoms with Crippen LogP contribution in [-0.2, 0) is 4.43 Å². The van der Waals surface area contributed by atoms with E-state index in [9.17, 15) is 0 Å². The fourth-order valence-corrected chi connectivity index (χ4v) is 9.71.